The van der Waals surface area contributed by atoms with Crippen molar-refractivity contribution in [1.82, 2.24) is 14.9 Å². The number of fused-ring (bicyclic) bond motifs is 1. The van der Waals surface area contributed by atoms with E-state index in [0.717, 1.165) is 42.1 Å². The summed E-state index contributed by atoms with van der Waals surface area (Å²) in [6.07, 6.45) is 1.01. The van der Waals surface area contributed by atoms with Crippen LogP contribution in [0.25, 0.3) is 10.2 Å². The molecular formula is C15H25N5S. The number of nitrogen functional groups attached to an aromatic ring is 1. The van der Waals surface area contributed by atoms with E-state index in [1.807, 2.05) is 0 Å². The highest BCUT2D eigenvalue weighted by Gasteiger charge is 2.13. The van der Waals surface area contributed by atoms with Crippen LogP contribution in [0.2, 0.25) is 0 Å². The van der Waals surface area contributed by atoms with Gasteiger partial charge in [0.25, 0.3) is 0 Å². The number of likely N-dealkylation sites (N-methyl/N-ethyl adjacent to an activating group) is 1. The van der Waals surface area contributed by atoms with Crippen molar-refractivity contribution in [2.45, 2.75) is 40.2 Å². The normalized spacial score (nSPS) is 13.0. The highest BCUT2D eigenvalue weighted by atomic mass is 32.1. The van der Waals surface area contributed by atoms with Gasteiger partial charge in [-0.05, 0) is 32.5 Å². The Morgan fingerprint density at radius 2 is 2.00 bits per heavy atom. The summed E-state index contributed by atoms with van der Waals surface area (Å²) in [5.74, 6) is 1.19. The number of hydrogen-bond donors (Lipinski definition) is 2. The van der Waals surface area contributed by atoms with Gasteiger partial charge in [-0.2, -0.15) is 4.98 Å². The van der Waals surface area contributed by atoms with Crippen molar-refractivity contribution in [2.24, 2.45) is 0 Å². The molecular weight excluding hydrogens is 282 g/mol. The fourth-order valence-corrected chi connectivity index (χ4v) is 3.39. The Morgan fingerprint density at radius 3 is 2.62 bits per heavy atom. The molecule has 0 amide bonds. The molecule has 6 heteroatoms. The number of thiophene rings is 1. The first-order chi connectivity index (χ1) is 10.1. The molecule has 1 unspecified atom stereocenters. The van der Waals surface area contributed by atoms with E-state index in [-0.39, 0.29) is 0 Å². The van der Waals surface area contributed by atoms with Crippen molar-refractivity contribution in [1.29, 1.82) is 0 Å². The third-order valence-corrected chi connectivity index (χ3v) is 4.79. The molecule has 0 spiro atoms. The van der Waals surface area contributed by atoms with Gasteiger partial charge >= 0.3 is 0 Å². The molecule has 0 aliphatic heterocycles. The highest BCUT2D eigenvalue weighted by molar-refractivity contribution is 7.18. The quantitative estimate of drug-likeness (QED) is 0.823. The first-order valence-corrected chi connectivity index (χ1v) is 8.43. The molecule has 0 fully saturated rings. The molecule has 1 atom stereocenters. The number of aromatic nitrogens is 2. The molecule has 0 aromatic carbocycles. The van der Waals surface area contributed by atoms with E-state index in [0.29, 0.717) is 12.0 Å². The van der Waals surface area contributed by atoms with E-state index in [1.54, 1.807) is 11.3 Å². The fraction of sp³-hybridized carbons (Fsp3) is 0.600. The average Bonchev–Trinajstić information content (AvgIpc) is 2.87. The molecule has 0 saturated heterocycles. The van der Waals surface area contributed by atoms with Crippen LogP contribution < -0.4 is 11.1 Å². The van der Waals surface area contributed by atoms with Gasteiger partial charge in [0, 0.05) is 17.5 Å². The minimum atomic E-state index is 0.312. The number of nitrogens with one attached hydrogen (secondary N) is 1. The lowest BCUT2D eigenvalue weighted by Crippen LogP contribution is -2.35. The van der Waals surface area contributed by atoms with Gasteiger partial charge in [0.15, 0.2) is 0 Å². The summed E-state index contributed by atoms with van der Waals surface area (Å²) in [5.41, 5.74) is 5.84. The first kappa shape index (κ1) is 16.0. The number of hydrogen-bond acceptors (Lipinski definition) is 6. The predicted octanol–water partition coefficient (Wildman–Crippen LogP) is 2.98. The number of aryl methyl sites for hydroxylation is 1. The second-order valence-corrected chi connectivity index (χ2v) is 6.36. The number of anilines is 2. The molecule has 0 bridgehead atoms. The van der Waals surface area contributed by atoms with Gasteiger partial charge < -0.3 is 16.0 Å². The van der Waals surface area contributed by atoms with Gasteiger partial charge in [0.05, 0.1) is 5.39 Å². The summed E-state index contributed by atoms with van der Waals surface area (Å²) in [7, 11) is 0. The van der Waals surface area contributed by atoms with Crippen LogP contribution in [0.1, 0.15) is 32.6 Å². The summed E-state index contributed by atoms with van der Waals surface area (Å²) < 4.78 is 0. The van der Waals surface area contributed by atoms with Crippen molar-refractivity contribution in [3.63, 3.8) is 0 Å². The van der Waals surface area contributed by atoms with E-state index in [4.69, 9.17) is 5.73 Å². The molecule has 116 valence electrons. The lowest BCUT2D eigenvalue weighted by molar-refractivity contribution is 0.294. The number of nitrogens with two attached hydrogens (primary N) is 1. The molecule has 0 saturated carbocycles. The van der Waals surface area contributed by atoms with Crippen LogP contribution in [0.15, 0.2) is 6.07 Å². The molecule has 2 aromatic heterocycles. The lowest BCUT2D eigenvalue weighted by atomic mass is 10.2. The molecule has 21 heavy (non-hydrogen) atoms. The maximum Gasteiger partial charge on any atom is 0.223 e. The van der Waals surface area contributed by atoms with Crippen molar-refractivity contribution in [2.75, 3.05) is 30.7 Å². The monoisotopic (exact) mass is 307 g/mol. The predicted molar refractivity (Wildman–Crippen MR) is 92.1 cm³/mol. The summed E-state index contributed by atoms with van der Waals surface area (Å²) >= 11 is 1.69. The standard InChI is InChI=1S/C15H25N5S/c1-5-11-8-12-13(18-15(16)19-14(12)21-11)17-10(4)9-20(6-2)7-3/h8,10H,5-7,9H2,1-4H3,(H3,16,17,18,19). The minimum Gasteiger partial charge on any atom is -0.368 e. The lowest BCUT2D eigenvalue weighted by Gasteiger charge is -2.24. The Kier molecular flexibility index (Phi) is 5.36. The third kappa shape index (κ3) is 3.83. The second-order valence-electron chi connectivity index (χ2n) is 5.25. The van der Waals surface area contributed by atoms with E-state index >= 15 is 0 Å². The third-order valence-electron chi connectivity index (χ3n) is 3.62. The van der Waals surface area contributed by atoms with Crippen LogP contribution >= 0.6 is 11.3 Å². The van der Waals surface area contributed by atoms with Gasteiger partial charge in [0.2, 0.25) is 5.95 Å². The molecule has 3 N–H and O–H groups in total. The van der Waals surface area contributed by atoms with Crippen LogP contribution in [0.5, 0.6) is 0 Å². The van der Waals surface area contributed by atoms with E-state index < -0.39 is 0 Å². The average molecular weight is 307 g/mol. The topological polar surface area (TPSA) is 67.1 Å². The largest absolute Gasteiger partial charge is 0.368 e. The molecule has 0 aliphatic rings. The van der Waals surface area contributed by atoms with Gasteiger partial charge in [-0.3, -0.25) is 0 Å². The maximum absolute atomic E-state index is 5.84. The Morgan fingerprint density at radius 1 is 1.29 bits per heavy atom. The van der Waals surface area contributed by atoms with Crippen LogP contribution in [0, 0.1) is 0 Å². The van der Waals surface area contributed by atoms with Gasteiger partial charge in [-0.15, -0.1) is 11.3 Å². The molecule has 0 radical (unpaired) electrons. The SMILES string of the molecule is CCc1cc2c(NC(C)CN(CC)CC)nc(N)nc2s1. The summed E-state index contributed by atoms with van der Waals surface area (Å²) in [4.78, 5) is 13.4. The van der Waals surface area contributed by atoms with Crippen LogP contribution in [-0.4, -0.2) is 40.5 Å². The zero-order chi connectivity index (χ0) is 15.4. The van der Waals surface area contributed by atoms with Crippen molar-refractivity contribution in [3.8, 4) is 0 Å². The van der Waals surface area contributed by atoms with Gasteiger partial charge in [-0.25, -0.2) is 4.98 Å². The summed E-state index contributed by atoms with van der Waals surface area (Å²) in [6, 6.07) is 2.48. The van der Waals surface area contributed by atoms with E-state index in [1.165, 1.54) is 4.88 Å². The molecule has 0 aliphatic carbocycles. The Hall–Kier alpha value is -1.40. The van der Waals surface area contributed by atoms with Crippen LogP contribution in [-0.2, 0) is 6.42 Å². The Balaban J connectivity index is 2.22. The summed E-state index contributed by atoms with van der Waals surface area (Å²) in [6.45, 7) is 11.8. The molecule has 2 rings (SSSR count). The van der Waals surface area contributed by atoms with Crippen molar-refractivity contribution >= 4 is 33.3 Å². The molecule has 2 aromatic rings. The number of nitrogens with zero attached hydrogens (tertiary/aromatic N) is 3. The number of rotatable bonds is 7. The Labute approximate surface area is 130 Å². The zero-order valence-electron chi connectivity index (χ0n) is 13.3. The van der Waals surface area contributed by atoms with E-state index in [9.17, 15) is 0 Å². The van der Waals surface area contributed by atoms with Crippen molar-refractivity contribution < 1.29 is 0 Å². The Bertz CT molecular complexity index is 591. The van der Waals surface area contributed by atoms with Crippen LogP contribution in [0.4, 0.5) is 11.8 Å². The minimum absolute atomic E-state index is 0.312. The maximum atomic E-state index is 5.84. The molecule has 2 heterocycles. The van der Waals surface area contributed by atoms with E-state index in [2.05, 4.69) is 53.9 Å². The van der Waals surface area contributed by atoms with Crippen molar-refractivity contribution in [3.05, 3.63) is 10.9 Å². The fourth-order valence-electron chi connectivity index (χ4n) is 2.42. The first-order valence-electron chi connectivity index (χ1n) is 7.62. The van der Waals surface area contributed by atoms with Gasteiger partial charge in [-0.1, -0.05) is 20.8 Å². The van der Waals surface area contributed by atoms with Gasteiger partial charge in [0.1, 0.15) is 10.6 Å². The molecule has 5 nitrogen and oxygen atoms in total. The smallest absolute Gasteiger partial charge is 0.223 e. The highest BCUT2D eigenvalue weighted by Crippen LogP contribution is 2.30. The zero-order valence-corrected chi connectivity index (χ0v) is 14.1. The van der Waals surface area contributed by atoms with Crippen LogP contribution in [0.3, 0.4) is 0 Å². The second kappa shape index (κ2) is 7.04. The summed E-state index contributed by atoms with van der Waals surface area (Å²) in [5, 5.41) is 4.58.